The molecule has 0 spiro atoms. The van der Waals surface area contributed by atoms with Crippen molar-refractivity contribution < 1.29 is 9.84 Å². The van der Waals surface area contributed by atoms with Crippen molar-refractivity contribution in [2.45, 2.75) is 32.3 Å². The molecule has 1 aromatic carbocycles. The smallest absolute Gasteiger partial charge is 0.227 e. The van der Waals surface area contributed by atoms with Crippen LogP contribution in [-0.4, -0.2) is 54.5 Å². The van der Waals surface area contributed by atoms with Crippen molar-refractivity contribution in [2.24, 2.45) is 0 Å². The number of aryl methyl sites for hydroxylation is 2. The normalized spacial score (nSPS) is 23.1. The molecule has 3 heterocycles. The van der Waals surface area contributed by atoms with Gasteiger partial charge in [0.1, 0.15) is 11.4 Å². The van der Waals surface area contributed by atoms with Gasteiger partial charge in [-0.05, 0) is 30.9 Å². The Kier molecular flexibility index (Phi) is 5.02. The third-order valence-corrected chi connectivity index (χ3v) is 5.63. The van der Waals surface area contributed by atoms with Crippen molar-refractivity contribution in [3.8, 4) is 0 Å². The largest absolute Gasteiger partial charge is 0.383 e. The van der Waals surface area contributed by atoms with Gasteiger partial charge in [-0.25, -0.2) is 4.98 Å². The van der Waals surface area contributed by atoms with Crippen molar-refractivity contribution in [2.75, 3.05) is 49.2 Å². The van der Waals surface area contributed by atoms with Crippen molar-refractivity contribution in [3.05, 3.63) is 47.2 Å². The van der Waals surface area contributed by atoms with Gasteiger partial charge in [-0.1, -0.05) is 31.2 Å². The second-order valence-corrected chi connectivity index (χ2v) is 7.49. The van der Waals surface area contributed by atoms with E-state index in [4.69, 9.17) is 14.7 Å². The molecule has 1 aromatic heterocycles. The number of hydrogen-bond acceptors (Lipinski definition) is 6. The molecular formula is C21H28N4O2. The summed E-state index contributed by atoms with van der Waals surface area (Å²) in [6.07, 6.45) is 1.57. The van der Waals surface area contributed by atoms with E-state index in [-0.39, 0.29) is 0 Å². The van der Waals surface area contributed by atoms with Crippen molar-refractivity contribution >= 4 is 11.8 Å². The minimum Gasteiger partial charge on any atom is -0.383 e. The average molecular weight is 368 g/mol. The number of morpholine rings is 1. The fraction of sp³-hybridized carbons (Fsp3) is 0.524. The second-order valence-electron chi connectivity index (χ2n) is 7.49. The maximum Gasteiger partial charge on any atom is 0.227 e. The number of hydrogen-bond donors (Lipinski definition) is 1. The van der Waals surface area contributed by atoms with Crippen molar-refractivity contribution in [3.63, 3.8) is 0 Å². The first kappa shape index (κ1) is 18.2. The molecule has 2 aromatic rings. The third-order valence-electron chi connectivity index (χ3n) is 5.63. The van der Waals surface area contributed by atoms with Crippen LogP contribution in [0.5, 0.6) is 0 Å². The molecule has 0 aliphatic carbocycles. The van der Waals surface area contributed by atoms with Crippen molar-refractivity contribution in [1.29, 1.82) is 0 Å². The Hall–Kier alpha value is -2.18. The van der Waals surface area contributed by atoms with E-state index in [9.17, 15) is 5.11 Å². The minimum absolute atomic E-state index is 0.556. The summed E-state index contributed by atoms with van der Waals surface area (Å²) in [5.41, 5.74) is 2.35. The predicted octanol–water partition coefficient (Wildman–Crippen LogP) is 2.28. The number of rotatable bonds is 4. The Morgan fingerprint density at radius 3 is 2.63 bits per heavy atom. The lowest BCUT2D eigenvalue weighted by molar-refractivity contribution is 0.0600. The lowest BCUT2D eigenvalue weighted by Crippen LogP contribution is -2.38. The van der Waals surface area contributed by atoms with Gasteiger partial charge in [-0.15, -0.1) is 0 Å². The number of anilines is 2. The van der Waals surface area contributed by atoms with E-state index in [2.05, 4.69) is 35.8 Å². The van der Waals surface area contributed by atoms with Gasteiger partial charge in [0, 0.05) is 31.4 Å². The molecular weight excluding hydrogens is 340 g/mol. The van der Waals surface area contributed by atoms with Crippen LogP contribution in [0.15, 0.2) is 30.3 Å². The summed E-state index contributed by atoms with van der Waals surface area (Å²) in [6, 6.07) is 10.2. The topological polar surface area (TPSA) is 61.7 Å². The zero-order chi connectivity index (χ0) is 18.9. The van der Waals surface area contributed by atoms with E-state index in [0.717, 1.165) is 54.6 Å². The number of nitrogens with zero attached hydrogens (tertiary/aromatic N) is 4. The van der Waals surface area contributed by atoms with E-state index in [1.807, 2.05) is 18.2 Å². The van der Waals surface area contributed by atoms with Crippen LogP contribution in [0.1, 0.15) is 30.2 Å². The van der Waals surface area contributed by atoms with Gasteiger partial charge >= 0.3 is 0 Å². The first-order valence-electron chi connectivity index (χ1n) is 9.83. The summed E-state index contributed by atoms with van der Waals surface area (Å²) < 4.78 is 5.45. The first-order valence-corrected chi connectivity index (χ1v) is 9.83. The average Bonchev–Trinajstić information content (AvgIpc) is 3.12. The van der Waals surface area contributed by atoms with Crippen LogP contribution in [0.25, 0.3) is 0 Å². The summed E-state index contributed by atoms with van der Waals surface area (Å²) in [6.45, 7) is 8.58. The molecule has 0 saturated carbocycles. The summed E-state index contributed by atoms with van der Waals surface area (Å²) in [4.78, 5) is 14.0. The van der Waals surface area contributed by atoms with E-state index in [1.54, 1.807) is 0 Å². The van der Waals surface area contributed by atoms with Gasteiger partial charge in [-0.3, -0.25) is 0 Å². The van der Waals surface area contributed by atoms with Crippen LogP contribution >= 0.6 is 0 Å². The number of benzene rings is 1. The summed E-state index contributed by atoms with van der Waals surface area (Å²) in [5.74, 6) is 1.69. The van der Waals surface area contributed by atoms with Crippen LogP contribution in [0.3, 0.4) is 0 Å². The molecule has 2 fully saturated rings. The molecule has 27 heavy (non-hydrogen) atoms. The molecule has 4 rings (SSSR count). The quantitative estimate of drug-likeness (QED) is 0.893. The number of β-amino-alcohol motifs (C(OH)–C–C–N with tert-alkyl or cyclic N) is 1. The SMILES string of the molecule is CCc1cc(N2CCC(O)(c3ccccc3C)C2)nc(N2CCOCC2)n1. The highest BCUT2D eigenvalue weighted by Gasteiger charge is 2.39. The van der Waals surface area contributed by atoms with E-state index >= 15 is 0 Å². The molecule has 6 heteroatoms. The maximum atomic E-state index is 11.3. The highest BCUT2D eigenvalue weighted by atomic mass is 16.5. The Morgan fingerprint density at radius 2 is 1.89 bits per heavy atom. The van der Waals surface area contributed by atoms with Gasteiger partial charge in [0.15, 0.2) is 0 Å². The van der Waals surface area contributed by atoms with Gasteiger partial charge in [0.25, 0.3) is 0 Å². The second kappa shape index (κ2) is 7.44. The van der Waals surface area contributed by atoms with E-state index in [0.29, 0.717) is 26.2 Å². The molecule has 2 aliphatic heterocycles. The molecule has 6 nitrogen and oxygen atoms in total. The predicted molar refractivity (Wildman–Crippen MR) is 106 cm³/mol. The molecule has 2 saturated heterocycles. The van der Waals surface area contributed by atoms with Gasteiger partial charge in [0.2, 0.25) is 5.95 Å². The Bertz CT molecular complexity index is 807. The highest BCUT2D eigenvalue weighted by Crippen LogP contribution is 2.36. The standard InChI is InChI=1S/C21H28N4O2/c1-3-17-14-19(23-20(22-17)24-10-12-27-13-11-24)25-9-8-21(26,15-25)18-7-5-4-6-16(18)2/h4-7,14,26H,3,8-13,15H2,1-2H3. The number of ether oxygens (including phenoxy) is 1. The molecule has 0 amide bonds. The maximum absolute atomic E-state index is 11.3. The highest BCUT2D eigenvalue weighted by molar-refractivity contribution is 5.49. The summed E-state index contributed by atoms with van der Waals surface area (Å²) in [5, 5.41) is 11.3. The Labute approximate surface area is 160 Å². The molecule has 2 aliphatic rings. The Balaban J connectivity index is 1.61. The van der Waals surface area contributed by atoms with Crippen LogP contribution in [0, 0.1) is 6.92 Å². The number of aromatic nitrogens is 2. The van der Waals surface area contributed by atoms with Crippen LogP contribution < -0.4 is 9.80 Å². The zero-order valence-corrected chi connectivity index (χ0v) is 16.2. The molecule has 1 atom stereocenters. The monoisotopic (exact) mass is 368 g/mol. The zero-order valence-electron chi connectivity index (χ0n) is 16.2. The van der Waals surface area contributed by atoms with Gasteiger partial charge in [0.05, 0.1) is 19.8 Å². The first-order chi connectivity index (χ1) is 13.1. The van der Waals surface area contributed by atoms with E-state index < -0.39 is 5.60 Å². The summed E-state index contributed by atoms with van der Waals surface area (Å²) >= 11 is 0. The number of aliphatic hydroxyl groups is 1. The Morgan fingerprint density at radius 1 is 1.11 bits per heavy atom. The third kappa shape index (κ3) is 3.64. The van der Waals surface area contributed by atoms with Gasteiger partial charge in [-0.2, -0.15) is 4.98 Å². The molecule has 1 unspecified atom stereocenters. The molecule has 0 bridgehead atoms. The lowest BCUT2D eigenvalue weighted by atomic mass is 9.89. The van der Waals surface area contributed by atoms with E-state index in [1.165, 1.54) is 0 Å². The molecule has 1 N–H and O–H groups in total. The summed E-state index contributed by atoms with van der Waals surface area (Å²) in [7, 11) is 0. The lowest BCUT2D eigenvalue weighted by Gasteiger charge is -2.29. The minimum atomic E-state index is -0.832. The van der Waals surface area contributed by atoms with Gasteiger partial charge < -0.3 is 19.6 Å². The van der Waals surface area contributed by atoms with Crippen LogP contribution in [-0.2, 0) is 16.8 Å². The molecule has 0 radical (unpaired) electrons. The van der Waals surface area contributed by atoms with Crippen molar-refractivity contribution in [1.82, 2.24) is 9.97 Å². The fourth-order valence-electron chi connectivity index (χ4n) is 4.02. The fourth-order valence-corrected chi connectivity index (χ4v) is 4.02. The van der Waals surface area contributed by atoms with Crippen LogP contribution in [0.4, 0.5) is 11.8 Å². The van der Waals surface area contributed by atoms with Crippen LogP contribution in [0.2, 0.25) is 0 Å². The molecule has 144 valence electrons.